The van der Waals surface area contributed by atoms with Crippen LogP contribution in [-0.2, 0) is 16.6 Å². The van der Waals surface area contributed by atoms with Crippen molar-refractivity contribution < 1.29 is 14.1 Å². The van der Waals surface area contributed by atoms with Crippen LogP contribution in [0.25, 0.3) is 0 Å². The predicted molar refractivity (Wildman–Crippen MR) is 63.6 cm³/mol. The van der Waals surface area contributed by atoms with E-state index in [9.17, 15) is 10.1 Å². The number of nitro benzene ring substituents is 1. The minimum absolute atomic E-state index is 0.0781. The first-order valence-electron chi connectivity index (χ1n) is 5.77. The van der Waals surface area contributed by atoms with Crippen LogP contribution in [0, 0.1) is 10.1 Å². The molecule has 3 rings (SSSR count). The van der Waals surface area contributed by atoms with E-state index in [0.717, 1.165) is 5.56 Å². The van der Waals surface area contributed by atoms with Crippen molar-refractivity contribution in [1.29, 1.82) is 0 Å². The van der Waals surface area contributed by atoms with Gasteiger partial charge in [-0.2, -0.15) is 0 Å². The second-order valence-corrected chi connectivity index (χ2v) is 4.59. The number of nitro groups is 1. The summed E-state index contributed by atoms with van der Waals surface area (Å²) in [4.78, 5) is 10.4. The molecular weight excluding hydrogens is 250 g/mol. The molecule has 1 aromatic heterocycles. The lowest BCUT2D eigenvalue weighted by atomic mass is 9.75. The molecule has 2 heterocycles. The van der Waals surface area contributed by atoms with Crippen molar-refractivity contribution >= 4 is 5.69 Å². The van der Waals surface area contributed by atoms with Gasteiger partial charge < -0.3 is 9.15 Å². The molecule has 0 bridgehead atoms. The van der Waals surface area contributed by atoms with E-state index >= 15 is 0 Å². The average Bonchev–Trinajstić information content (AvgIpc) is 2.86. The Hall–Kier alpha value is -2.28. The highest BCUT2D eigenvalue weighted by molar-refractivity contribution is 5.40. The van der Waals surface area contributed by atoms with E-state index < -0.39 is 4.92 Å². The number of non-ortho nitro benzene ring substituents is 1. The molecule has 0 radical (unpaired) electrons. The van der Waals surface area contributed by atoms with Crippen LogP contribution in [-0.4, -0.2) is 28.3 Å². The van der Waals surface area contributed by atoms with E-state index in [2.05, 4.69) is 10.2 Å². The van der Waals surface area contributed by atoms with Crippen molar-refractivity contribution in [2.45, 2.75) is 11.8 Å². The normalized spacial score (nSPS) is 16.8. The Balaban J connectivity index is 1.93. The van der Waals surface area contributed by atoms with Gasteiger partial charge in [0.15, 0.2) is 0 Å². The van der Waals surface area contributed by atoms with Gasteiger partial charge in [-0.1, -0.05) is 12.1 Å². The molecule has 2 aromatic rings. The summed E-state index contributed by atoms with van der Waals surface area (Å²) in [5.74, 6) is 0.509. The Bertz CT molecular complexity index is 593. The molecule has 7 nitrogen and oxygen atoms in total. The Kier molecular flexibility index (Phi) is 2.75. The van der Waals surface area contributed by atoms with Gasteiger partial charge in [0.05, 0.1) is 23.6 Å². The van der Waals surface area contributed by atoms with E-state index in [0.29, 0.717) is 25.5 Å². The van der Waals surface area contributed by atoms with E-state index in [-0.39, 0.29) is 11.1 Å². The van der Waals surface area contributed by atoms with Crippen molar-refractivity contribution in [2.24, 2.45) is 0 Å². The maximum Gasteiger partial charge on any atom is 0.269 e. The van der Waals surface area contributed by atoms with Crippen LogP contribution in [0.4, 0.5) is 5.69 Å². The van der Waals surface area contributed by atoms with Gasteiger partial charge in [-0.3, -0.25) is 10.1 Å². The fourth-order valence-electron chi connectivity index (χ4n) is 2.23. The molecule has 19 heavy (non-hydrogen) atoms. The molecule has 98 valence electrons. The van der Waals surface area contributed by atoms with Crippen LogP contribution in [0.3, 0.4) is 0 Å². The first kappa shape index (κ1) is 11.8. The van der Waals surface area contributed by atoms with Gasteiger partial charge in [0.1, 0.15) is 0 Å². The van der Waals surface area contributed by atoms with Crippen molar-refractivity contribution in [3.8, 4) is 0 Å². The molecule has 0 spiro atoms. The second-order valence-electron chi connectivity index (χ2n) is 4.59. The topological polar surface area (TPSA) is 91.3 Å². The van der Waals surface area contributed by atoms with E-state index in [1.54, 1.807) is 12.1 Å². The van der Waals surface area contributed by atoms with Crippen molar-refractivity contribution in [3.05, 3.63) is 52.2 Å². The Morgan fingerprint density at radius 1 is 1.42 bits per heavy atom. The molecule has 0 N–H and O–H groups in total. The number of ether oxygens (including phenoxy) is 1. The Labute approximate surface area is 108 Å². The van der Waals surface area contributed by atoms with E-state index in [4.69, 9.17) is 9.15 Å². The van der Waals surface area contributed by atoms with E-state index in [1.165, 1.54) is 12.5 Å². The van der Waals surface area contributed by atoms with Gasteiger partial charge in [0.2, 0.25) is 12.3 Å². The van der Waals surface area contributed by atoms with Gasteiger partial charge in [-0.15, -0.1) is 10.2 Å². The highest BCUT2D eigenvalue weighted by atomic mass is 16.6. The van der Waals surface area contributed by atoms with Crippen molar-refractivity contribution in [1.82, 2.24) is 10.2 Å². The lowest BCUT2D eigenvalue weighted by Gasteiger charge is -2.40. The van der Waals surface area contributed by atoms with Crippen LogP contribution in [0.2, 0.25) is 0 Å². The minimum Gasteiger partial charge on any atom is -0.428 e. The zero-order valence-corrected chi connectivity index (χ0v) is 9.98. The highest BCUT2D eigenvalue weighted by Crippen LogP contribution is 2.36. The number of hydrogen-bond donors (Lipinski definition) is 0. The highest BCUT2D eigenvalue weighted by Gasteiger charge is 2.42. The zero-order chi connectivity index (χ0) is 13.3. The SMILES string of the molecule is O=[N+]([O-])c1cccc(C2(Cc3nnco3)COC2)c1. The largest absolute Gasteiger partial charge is 0.428 e. The Morgan fingerprint density at radius 3 is 2.84 bits per heavy atom. The molecule has 0 aliphatic carbocycles. The fourth-order valence-corrected chi connectivity index (χ4v) is 2.23. The summed E-state index contributed by atoms with van der Waals surface area (Å²) in [6.07, 6.45) is 1.80. The number of hydrogen-bond acceptors (Lipinski definition) is 6. The molecule has 1 aliphatic heterocycles. The third-order valence-corrected chi connectivity index (χ3v) is 3.32. The number of aromatic nitrogens is 2. The monoisotopic (exact) mass is 261 g/mol. The summed E-state index contributed by atoms with van der Waals surface area (Å²) in [5, 5.41) is 18.3. The fraction of sp³-hybridized carbons (Fsp3) is 0.333. The standard InChI is InChI=1S/C12H11N3O4/c16-15(17)10-3-1-2-9(4-10)12(6-18-7-12)5-11-14-13-8-19-11/h1-4,8H,5-7H2. The molecule has 1 saturated heterocycles. The zero-order valence-electron chi connectivity index (χ0n) is 9.98. The van der Waals surface area contributed by atoms with Gasteiger partial charge in [-0.05, 0) is 5.56 Å². The van der Waals surface area contributed by atoms with Crippen LogP contribution >= 0.6 is 0 Å². The van der Waals surface area contributed by atoms with Crippen molar-refractivity contribution in [2.75, 3.05) is 13.2 Å². The summed E-state index contributed by atoms with van der Waals surface area (Å²) >= 11 is 0. The molecule has 0 atom stereocenters. The number of rotatable bonds is 4. The van der Waals surface area contributed by atoms with Crippen molar-refractivity contribution in [3.63, 3.8) is 0 Å². The third kappa shape index (κ3) is 2.08. The van der Waals surface area contributed by atoms with Crippen LogP contribution < -0.4 is 0 Å². The smallest absolute Gasteiger partial charge is 0.269 e. The van der Waals surface area contributed by atoms with Gasteiger partial charge in [-0.25, -0.2) is 0 Å². The molecule has 7 heteroatoms. The molecule has 0 amide bonds. The molecule has 0 unspecified atom stereocenters. The molecule has 1 aromatic carbocycles. The quantitative estimate of drug-likeness (QED) is 0.611. The summed E-state index contributed by atoms with van der Waals surface area (Å²) in [6, 6.07) is 6.61. The number of nitrogens with zero attached hydrogens (tertiary/aromatic N) is 3. The molecule has 0 saturated carbocycles. The molecule has 1 aliphatic rings. The predicted octanol–water partition coefficient (Wildman–Crippen LogP) is 1.49. The lowest BCUT2D eigenvalue weighted by Crippen LogP contribution is -2.48. The van der Waals surface area contributed by atoms with Crippen LogP contribution in [0.5, 0.6) is 0 Å². The Morgan fingerprint density at radius 2 is 2.26 bits per heavy atom. The van der Waals surface area contributed by atoms with E-state index in [1.807, 2.05) is 6.07 Å². The summed E-state index contributed by atoms with van der Waals surface area (Å²) in [6.45, 7) is 0.993. The lowest BCUT2D eigenvalue weighted by molar-refractivity contribution is -0.385. The maximum atomic E-state index is 10.8. The first-order chi connectivity index (χ1) is 9.20. The van der Waals surface area contributed by atoms with Crippen LogP contribution in [0.1, 0.15) is 11.5 Å². The number of benzene rings is 1. The van der Waals surface area contributed by atoms with Gasteiger partial charge >= 0.3 is 0 Å². The second kappa shape index (κ2) is 4.43. The summed E-state index contributed by atoms with van der Waals surface area (Å²) < 4.78 is 10.4. The van der Waals surface area contributed by atoms with Gasteiger partial charge in [0, 0.05) is 18.6 Å². The first-order valence-corrected chi connectivity index (χ1v) is 5.77. The summed E-state index contributed by atoms with van der Waals surface area (Å²) in [5.41, 5.74) is 0.638. The van der Waals surface area contributed by atoms with Crippen LogP contribution in [0.15, 0.2) is 35.1 Å². The molecular formula is C12H11N3O4. The minimum atomic E-state index is -0.399. The molecule has 1 fully saturated rings. The third-order valence-electron chi connectivity index (χ3n) is 3.32. The summed E-state index contributed by atoms with van der Waals surface area (Å²) in [7, 11) is 0. The maximum absolute atomic E-state index is 10.8. The van der Waals surface area contributed by atoms with Gasteiger partial charge in [0.25, 0.3) is 5.69 Å². The average molecular weight is 261 g/mol.